The molecule has 0 spiro atoms. The lowest BCUT2D eigenvalue weighted by Crippen LogP contribution is -1.99. The van der Waals surface area contributed by atoms with E-state index in [1.807, 2.05) is 18.3 Å². The molecule has 0 bridgehead atoms. The Bertz CT molecular complexity index is 450. The van der Waals surface area contributed by atoms with Crippen molar-refractivity contribution in [3.8, 4) is 5.82 Å². The molecule has 5 heteroatoms. The third kappa shape index (κ3) is 2.35. The normalized spacial score (nSPS) is 12.7. The highest BCUT2D eigenvalue weighted by Crippen LogP contribution is 2.12. The van der Waals surface area contributed by atoms with E-state index in [-0.39, 0.29) is 0 Å². The van der Waals surface area contributed by atoms with E-state index in [9.17, 15) is 5.11 Å². The first-order chi connectivity index (χ1) is 7.16. The zero-order valence-electron chi connectivity index (χ0n) is 8.13. The molecular formula is C10H10IN3O. The van der Waals surface area contributed by atoms with E-state index in [0.717, 1.165) is 15.0 Å². The largest absolute Gasteiger partial charge is 0.389 e. The fraction of sp³-hybridized carbons (Fsp3) is 0.200. The van der Waals surface area contributed by atoms with Crippen LogP contribution in [0.2, 0.25) is 0 Å². The molecule has 0 aromatic carbocycles. The summed E-state index contributed by atoms with van der Waals surface area (Å²) in [5.41, 5.74) is 0.806. The lowest BCUT2D eigenvalue weighted by atomic mass is 10.2. The monoisotopic (exact) mass is 315 g/mol. The van der Waals surface area contributed by atoms with Gasteiger partial charge in [-0.3, -0.25) is 0 Å². The topological polar surface area (TPSA) is 50.9 Å². The summed E-state index contributed by atoms with van der Waals surface area (Å²) in [4.78, 5) is 4.22. The van der Waals surface area contributed by atoms with Gasteiger partial charge in [-0.2, -0.15) is 5.10 Å². The molecule has 1 unspecified atom stereocenters. The highest BCUT2D eigenvalue weighted by Gasteiger charge is 2.03. The zero-order chi connectivity index (χ0) is 10.8. The molecule has 0 radical (unpaired) electrons. The number of hydrogen-bond acceptors (Lipinski definition) is 3. The minimum atomic E-state index is -0.482. The van der Waals surface area contributed by atoms with Gasteiger partial charge in [0.25, 0.3) is 0 Å². The molecule has 0 fully saturated rings. The molecular weight excluding hydrogens is 305 g/mol. The second-order valence-electron chi connectivity index (χ2n) is 3.23. The lowest BCUT2D eigenvalue weighted by molar-refractivity contribution is 0.199. The summed E-state index contributed by atoms with van der Waals surface area (Å²) in [7, 11) is 0. The van der Waals surface area contributed by atoms with Crippen LogP contribution in [-0.4, -0.2) is 19.9 Å². The Kier molecular flexibility index (Phi) is 3.01. The number of pyridine rings is 1. The summed E-state index contributed by atoms with van der Waals surface area (Å²) in [6.07, 6.45) is 4.84. The minimum absolute atomic E-state index is 0.482. The summed E-state index contributed by atoms with van der Waals surface area (Å²) in [5, 5.41) is 13.5. The molecule has 2 rings (SSSR count). The number of halogens is 1. The average molecular weight is 315 g/mol. The Morgan fingerprint density at radius 3 is 2.67 bits per heavy atom. The van der Waals surface area contributed by atoms with E-state index < -0.39 is 6.10 Å². The minimum Gasteiger partial charge on any atom is -0.389 e. The number of rotatable bonds is 2. The molecule has 1 atom stereocenters. The Labute approximate surface area is 101 Å². The second-order valence-corrected chi connectivity index (χ2v) is 4.47. The van der Waals surface area contributed by atoms with Crippen LogP contribution in [0.15, 0.2) is 30.7 Å². The van der Waals surface area contributed by atoms with E-state index in [0.29, 0.717) is 0 Å². The summed E-state index contributed by atoms with van der Waals surface area (Å²) in [6, 6.07) is 3.69. The first kappa shape index (κ1) is 10.6. The first-order valence-corrected chi connectivity index (χ1v) is 5.59. The van der Waals surface area contributed by atoms with Crippen LogP contribution in [-0.2, 0) is 0 Å². The number of aliphatic hydroxyl groups excluding tert-OH is 1. The Hall–Kier alpha value is -0.950. The molecule has 0 amide bonds. The van der Waals surface area contributed by atoms with Gasteiger partial charge in [-0.15, -0.1) is 0 Å². The SMILES string of the molecule is CC(O)c1ccc(-n2cc(I)cn2)nc1. The maximum Gasteiger partial charge on any atom is 0.153 e. The molecule has 0 saturated heterocycles. The highest BCUT2D eigenvalue weighted by atomic mass is 127. The standard InChI is InChI=1S/C10H10IN3O/c1-7(15)8-2-3-10(12-4-8)14-6-9(11)5-13-14/h2-7,15H,1H3. The summed E-state index contributed by atoms with van der Waals surface area (Å²) in [6.45, 7) is 1.72. The lowest BCUT2D eigenvalue weighted by Gasteiger charge is -2.04. The summed E-state index contributed by atoms with van der Waals surface area (Å²) < 4.78 is 2.77. The van der Waals surface area contributed by atoms with Gasteiger partial charge in [0.2, 0.25) is 0 Å². The summed E-state index contributed by atoms with van der Waals surface area (Å²) >= 11 is 2.19. The van der Waals surface area contributed by atoms with Crippen molar-refractivity contribution < 1.29 is 5.11 Å². The quantitative estimate of drug-likeness (QED) is 0.862. The van der Waals surface area contributed by atoms with Crippen molar-refractivity contribution in [2.24, 2.45) is 0 Å². The van der Waals surface area contributed by atoms with E-state index in [2.05, 4.69) is 32.7 Å². The van der Waals surface area contributed by atoms with Crippen molar-refractivity contribution in [3.63, 3.8) is 0 Å². The number of hydrogen-bond donors (Lipinski definition) is 1. The van der Waals surface area contributed by atoms with Crippen LogP contribution in [0.3, 0.4) is 0 Å². The van der Waals surface area contributed by atoms with Crippen molar-refractivity contribution in [3.05, 3.63) is 39.9 Å². The molecule has 2 aromatic rings. The van der Waals surface area contributed by atoms with Crippen LogP contribution >= 0.6 is 22.6 Å². The van der Waals surface area contributed by atoms with Crippen molar-refractivity contribution in [1.82, 2.24) is 14.8 Å². The molecule has 15 heavy (non-hydrogen) atoms. The van der Waals surface area contributed by atoms with Crippen LogP contribution in [0.5, 0.6) is 0 Å². The first-order valence-electron chi connectivity index (χ1n) is 4.51. The molecule has 1 N–H and O–H groups in total. The Morgan fingerprint density at radius 1 is 1.40 bits per heavy atom. The van der Waals surface area contributed by atoms with Crippen molar-refractivity contribution >= 4 is 22.6 Å². The molecule has 2 aromatic heterocycles. The van der Waals surface area contributed by atoms with E-state index in [4.69, 9.17) is 0 Å². The maximum atomic E-state index is 9.33. The van der Waals surface area contributed by atoms with E-state index >= 15 is 0 Å². The van der Waals surface area contributed by atoms with Crippen LogP contribution in [0.1, 0.15) is 18.6 Å². The average Bonchev–Trinajstić information content (AvgIpc) is 2.65. The molecule has 0 saturated carbocycles. The maximum absolute atomic E-state index is 9.33. The van der Waals surface area contributed by atoms with Crippen molar-refractivity contribution in [2.45, 2.75) is 13.0 Å². The Morgan fingerprint density at radius 2 is 2.20 bits per heavy atom. The fourth-order valence-electron chi connectivity index (χ4n) is 1.21. The fourth-order valence-corrected chi connectivity index (χ4v) is 1.59. The third-order valence-electron chi connectivity index (χ3n) is 2.04. The predicted octanol–water partition coefficient (Wildman–Crippen LogP) is 1.93. The molecule has 4 nitrogen and oxygen atoms in total. The number of aromatic nitrogens is 3. The van der Waals surface area contributed by atoms with Gasteiger partial charge in [-0.25, -0.2) is 9.67 Å². The summed E-state index contributed by atoms with van der Waals surface area (Å²) in [5.74, 6) is 0.752. The highest BCUT2D eigenvalue weighted by molar-refractivity contribution is 14.1. The number of aliphatic hydroxyl groups is 1. The van der Waals surface area contributed by atoms with Gasteiger partial charge < -0.3 is 5.11 Å². The molecule has 0 aliphatic rings. The van der Waals surface area contributed by atoms with Gasteiger partial charge in [0, 0.05) is 12.4 Å². The molecule has 0 aliphatic carbocycles. The Balaban J connectivity index is 2.31. The van der Waals surface area contributed by atoms with Gasteiger partial charge in [0.1, 0.15) is 0 Å². The molecule has 2 heterocycles. The van der Waals surface area contributed by atoms with E-state index in [1.165, 1.54) is 0 Å². The van der Waals surface area contributed by atoms with Gasteiger partial charge in [-0.05, 0) is 41.1 Å². The van der Waals surface area contributed by atoms with Gasteiger partial charge in [0.15, 0.2) is 5.82 Å². The van der Waals surface area contributed by atoms with Gasteiger partial charge in [-0.1, -0.05) is 6.07 Å². The molecule has 78 valence electrons. The van der Waals surface area contributed by atoms with Crippen molar-refractivity contribution in [1.29, 1.82) is 0 Å². The zero-order valence-corrected chi connectivity index (χ0v) is 10.3. The van der Waals surface area contributed by atoms with Crippen molar-refractivity contribution in [2.75, 3.05) is 0 Å². The van der Waals surface area contributed by atoms with Crippen LogP contribution in [0.4, 0.5) is 0 Å². The second kappa shape index (κ2) is 4.28. The van der Waals surface area contributed by atoms with Crippen LogP contribution in [0.25, 0.3) is 5.82 Å². The smallest absolute Gasteiger partial charge is 0.153 e. The molecule has 0 aliphatic heterocycles. The van der Waals surface area contributed by atoms with Gasteiger partial charge >= 0.3 is 0 Å². The van der Waals surface area contributed by atoms with Gasteiger partial charge in [0.05, 0.1) is 15.9 Å². The third-order valence-corrected chi connectivity index (χ3v) is 2.60. The predicted molar refractivity (Wildman–Crippen MR) is 64.7 cm³/mol. The van der Waals surface area contributed by atoms with Crippen LogP contribution < -0.4 is 0 Å². The number of nitrogens with zero attached hydrogens (tertiary/aromatic N) is 3. The van der Waals surface area contributed by atoms with Crippen LogP contribution in [0, 0.1) is 3.57 Å². The van der Waals surface area contributed by atoms with E-state index in [1.54, 1.807) is 24.0 Å².